The van der Waals surface area contributed by atoms with Gasteiger partial charge in [-0.3, -0.25) is 4.98 Å². The lowest BCUT2D eigenvalue weighted by atomic mass is 9.82. The van der Waals surface area contributed by atoms with Gasteiger partial charge in [-0.1, -0.05) is 35.6 Å². The first-order valence-corrected chi connectivity index (χ1v) is 8.84. The maximum absolute atomic E-state index is 12.9. The summed E-state index contributed by atoms with van der Waals surface area (Å²) in [6, 6.07) is 8.42. The van der Waals surface area contributed by atoms with Gasteiger partial charge in [0.15, 0.2) is 6.10 Å². The molecule has 2 aliphatic rings. The van der Waals surface area contributed by atoms with E-state index in [0.717, 1.165) is 11.1 Å². The van der Waals surface area contributed by atoms with E-state index in [-0.39, 0.29) is 18.8 Å². The van der Waals surface area contributed by atoms with Crippen LogP contribution < -0.4 is 5.32 Å². The van der Waals surface area contributed by atoms with Crippen molar-refractivity contribution in [1.29, 1.82) is 0 Å². The number of hydrogen-bond donors (Lipinski definition) is 1. The molecule has 138 valence electrons. The first-order valence-electron chi connectivity index (χ1n) is 8.47. The zero-order chi connectivity index (χ0) is 19.0. The van der Waals surface area contributed by atoms with Gasteiger partial charge in [0, 0.05) is 41.7 Å². The molecule has 2 aromatic rings. The predicted octanol–water partition coefficient (Wildman–Crippen LogP) is 4.65. The van der Waals surface area contributed by atoms with Crippen molar-refractivity contribution < 1.29 is 18.3 Å². The third-order valence-corrected chi connectivity index (χ3v) is 4.89. The number of rotatable bonds is 2. The average molecular weight is 389 g/mol. The Bertz CT molecular complexity index is 929. The molecule has 4 nitrogen and oxygen atoms in total. The second-order valence-corrected chi connectivity index (χ2v) is 7.17. The van der Waals surface area contributed by atoms with Crippen molar-refractivity contribution in [3.05, 3.63) is 64.4 Å². The number of carbonyl (C=O) groups is 1. The lowest BCUT2D eigenvalue weighted by molar-refractivity contribution is -0.0936. The van der Waals surface area contributed by atoms with Crippen LogP contribution in [0.25, 0.3) is 0 Å². The molecular weight excluding hydrogens is 374 g/mol. The summed E-state index contributed by atoms with van der Waals surface area (Å²) in [5, 5.41) is 3.37. The third-order valence-electron chi connectivity index (χ3n) is 4.64. The SMILES string of the molecule is O=C1NC(c2cncc(C#CC3CC(F)(F)C3)c2)C(c2ccc(Cl)cc2)O1. The Balaban J connectivity index is 1.56. The minimum Gasteiger partial charge on any atom is -0.439 e. The van der Waals surface area contributed by atoms with E-state index in [9.17, 15) is 13.6 Å². The van der Waals surface area contributed by atoms with Gasteiger partial charge in [-0.2, -0.15) is 0 Å². The molecule has 1 aliphatic carbocycles. The Kier molecular flexibility index (Phi) is 4.48. The first-order chi connectivity index (χ1) is 12.9. The summed E-state index contributed by atoms with van der Waals surface area (Å²) in [4.78, 5) is 16.0. The number of pyridine rings is 1. The van der Waals surface area contributed by atoms with Gasteiger partial charge < -0.3 is 10.1 Å². The number of carbonyl (C=O) groups excluding carboxylic acids is 1. The Morgan fingerprint density at radius 3 is 2.63 bits per heavy atom. The fourth-order valence-electron chi connectivity index (χ4n) is 3.24. The molecule has 1 aromatic heterocycles. The highest BCUT2D eigenvalue weighted by Gasteiger charge is 2.44. The van der Waals surface area contributed by atoms with Crippen LogP contribution in [0.3, 0.4) is 0 Å². The number of nitrogens with one attached hydrogen (secondary N) is 1. The van der Waals surface area contributed by atoms with Crippen LogP contribution in [0.5, 0.6) is 0 Å². The van der Waals surface area contributed by atoms with Gasteiger partial charge in [0.1, 0.15) is 6.04 Å². The summed E-state index contributed by atoms with van der Waals surface area (Å²) in [6.45, 7) is 0. The Hall–Kier alpha value is -2.65. The monoisotopic (exact) mass is 388 g/mol. The number of halogens is 3. The minimum atomic E-state index is -2.59. The molecule has 2 unspecified atom stereocenters. The topological polar surface area (TPSA) is 51.2 Å². The molecule has 7 heteroatoms. The standard InChI is InChI=1S/C20H15ClF2N2O2/c21-16-5-3-14(4-6-16)18-17(25-19(26)27-18)15-7-12(10-24-11-15)1-2-13-8-20(22,23)9-13/h3-7,10-11,13,17-18H,8-9H2,(H,25,26). The van der Waals surface area contributed by atoms with Crippen LogP contribution in [-0.4, -0.2) is 17.0 Å². The minimum absolute atomic E-state index is 0.196. The first kappa shape index (κ1) is 17.7. The molecule has 2 fully saturated rings. The second-order valence-electron chi connectivity index (χ2n) is 6.74. The van der Waals surface area contributed by atoms with Crippen LogP contribution in [0.2, 0.25) is 5.02 Å². The van der Waals surface area contributed by atoms with Crippen LogP contribution in [0.4, 0.5) is 13.6 Å². The molecule has 0 spiro atoms. The molecule has 1 amide bonds. The molecule has 27 heavy (non-hydrogen) atoms. The molecule has 4 rings (SSSR count). The number of aromatic nitrogens is 1. The van der Waals surface area contributed by atoms with Crippen molar-refractivity contribution in [2.24, 2.45) is 5.92 Å². The van der Waals surface area contributed by atoms with Crippen molar-refractivity contribution in [3.8, 4) is 11.8 Å². The third kappa shape index (κ3) is 3.88. The van der Waals surface area contributed by atoms with E-state index in [4.69, 9.17) is 16.3 Å². The molecule has 1 aromatic carbocycles. The van der Waals surface area contributed by atoms with E-state index in [1.54, 1.807) is 42.7 Å². The number of nitrogens with zero attached hydrogens (tertiary/aromatic N) is 1. The van der Waals surface area contributed by atoms with Gasteiger partial charge >= 0.3 is 6.09 Å². The van der Waals surface area contributed by atoms with Gasteiger partial charge in [0.05, 0.1) is 0 Å². The van der Waals surface area contributed by atoms with Crippen molar-refractivity contribution in [1.82, 2.24) is 10.3 Å². The number of amides is 1. The molecule has 1 saturated heterocycles. The van der Waals surface area contributed by atoms with E-state index < -0.39 is 24.2 Å². The lowest BCUT2D eigenvalue weighted by Gasteiger charge is -2.31. The van der Waals surface area contributed by atoms with E-state index in [0.29, 0.717) is 10.6 Å². The van der Waals surface area contributed by atoms with Crippen molar-refractivity contribution in [3.63, 3.8) is 0 Å². The fourth-order valence-corrected chi connectivity index (χ4v) is 3.36. The maximum atomic E-state index is 12.9. The molecular formula is C20H15ClF2N2O2. The highest BCUT2D eigenvalue weighted by molar-refractivity contribution is 6.30. The molecule has 1 aliphatic heterocycles. The Labute approximate surface area is 159 Å². The van der Waals surface area contributed by atoms with Gasteiger partial charge in [0.25, 0.3) is 5.92 Å². The number of ether oxygens (including phenoxy) is 1. The molecule has 1 saturated carbocycles. The lowest BCUT2D eigenvalue weighted by Crippen LogP contribution is -2.34. The number of benzene rings is 1. The van der Waals surface area contributed by atoms with Crippen molar-refractivity contribution in [2.45, 2.75) is 30.9 Å². The van der Waals surface area contributed by atoms with Crippen molar-refractivity contribution >= 4 is 17.7 Å². The molecule has 2 atom stereocenters. The Morgan fingerprint density at radius 1 is 1.19 bits per heavy atom. The summed E-state index contributed by atoms with van der Waals surface area (Å²) in [6.07, 6.45) is 1.77. The summed E-state index contributed by atoms with van der Waals surface area (Å²) in [5.74, 6) is 2.89. The van der Waals surface area contributed by atoms with E-state index in [2.05, 4.69) is 22.1 Å². The van der Waals surface area contributed by atoms with E-state index in [1.165, 1.54) is 0 Å². The molecule has 0 radical (unpaired) electrons. The summed E-state index contributed by atoms with van der Waals surface area (Å²) in [5.41, 5.74) is 2.14. The molecule has 1 N–H and O–H groups in total. The fraction of sp³-hybridized carbons (Fsp3) is 0.300. The predicted molar refractivity (Wildman–Crippen MR) is 95.3 cm³/mol. The molecule has 2 heterocycles. The smallest absolute Gasteiger partial charge is 0.408 e. The van der Waals surface area contributed by atoms with Crippen LogP contribution in [-0.2, 0) is 4.74 Å². The van der Waals surface area contributed by atoms with Crippen LogP contribution in [0.1, 0.15) is 41.7 Å². The number of cyclic esters (lactones) is 1. The average Bonchev–Trinajstić information content (AvgIpc) is 3.01. The zero-order valence-electron chi connectivity index (χ0n) is 14.1. The normalized spacial score (nSPS) is 23.6. The second kappa shape index (κ2) is 6.82. The maximum Gasteiger partial charge on any atom is 0.408 e. The van der Waals surface area contributed by atoms with Gasteiger partial charge in [-0.15, -0.1) is 0 Å². The van der Waals surface area contributed by atoms with E-state index in [1.807, 2.05) is 0 Å². The van der Waals surface area contributed by atoms with Gasteiger partial charge in [0.2, 0.25) is 0 Å². The van der Waals surface area contributed by atoms with Crippen molar-refractivity contribution in [2.75, 3.05) is 0 Å². The highest BCUT2D eigenvalue weighted by Crippen LogP contribution is 2.42. The quantitative estimate of drug-likeness (QED) is 0.761. The largest absolute Gasteiger partial charge is 0.439 e. The van der Waals surface area contributed by atoms with E-state index >= 15 is 0 Å². The number of hydrogen-bond acceptors (Lipinski definition) is 3. The van der Waals surface area contributed by atoms with Gasteiger partial charge in [-0.05, 0) is 29.3 Å². The van der Waals surface area contributed by atoms with Crippen LogP contribution in [0.15, 0.2) is 42.7 Å². The number of alkyl halides is 2. The van der Waals surface area contributed by atoms with Crippen LogP contribution >= 0.6 is 11.6 Å². The summed E-state index contributed by atoms with van der Waals surface area (Å²) < 4.78 is 31.2. The summed E-state index contributed by atoms with van der Waals surface area (Å²) >= 11 is 5.92. The molecule has 0 bridgehead atoms. The summed E-state index contributed by atoms with van der Waals surface area (Å²) in [7, 11) is 0. The zero-order valence-corrected chi connectivity index (χ0v) is 14.8. The highest BCUT2D eigenvalue weighted by atomic mass is 35.5. The Morgan fingerprint density at radius 2 is 1.93 bits per heavy atom. The number of alkyl carbamates (subject to hydrolysis) is 1. The van der Waals surface area contributed by atoms with Crippen LogP contribution in [0, 0.1) is 17.8 Å². The van der Waals surface area contributed by atoms with Gasteiger partial charge in [-0.25, -0.2) is 13.6 Å².